The zero-order valence-electron chi connectivity index (χ0n) is 23.6. The highest BCUT2D eigenvalue weighted by atomic mass is 19.1. The van der Waals surface area contributed by atoms with E-state index in [0.29, 0.717) is 46.8 Å². The first-order valence-corrected chi connectivity index (χ1v) is 13.9. The standard InChI is InChI=1S/C34H28FN5O3/c1-3-27(28-17-14-23-8-7-11-26(35)30(23)34(42)40(28)24-9-5-4-6-10-24)38-32-31-29(41)18-19-39(33(31)37-21-36-32)20-22-12-15-25(43-2)16-13-22/h4-16,18-19,21,27H,3,20H2,1-2H3,(H,36,37,38). The van der Waals surface area contributed by atoms with E-state index in [1.165, 1.54) is 23.4 Å². The van der Waals surface area contributed by atoms with E-state index in [2.05, 4.69) is 21.0 Å². The number of benzene rings is 3. The summed E-state index contributed by atoms with van der Waals surface area (Å²) < 4.78 is 22.2. The van der Waals surface area contributed by atoms with Crippen LogP contribution >= 0.6 is 0 Å². The maximum absolute atomic E-state index is 15.0. The number of nitrogens with one attached hydrogen (secondary N) is 1. The summed E-state index contributed by atoms with van der Waals surface area (Å²) in [6.45, 7) is 2.42. The molecule has 0 radical (unpaired) electrons. The third kappa shape index (κ3) is 5.29. The van der Waals surface area contributed by atoms with E-state index in [1.54, 1.807) is 43.6 Å². The van der Waals surface area contributed by atoms with Gasteiger partial charge in [0.2, 0.25) is 0 Å². The van der Waals surface area contributed by atoms with Gasteiger partial charge in [0.25, 0.3) is 5.91 Å². The molecule has 1 atom stereocenters. The van der Waals surface area contributed by atoms with Crippen molar-refractivity contribution in [3.63, 3.8) is 0 Å². The number of fused-ring (bicyclic) bond motifs is 2. The molecule has 1 unspecified atom stereocenters. The molecule has 3 heterocycles. The van der Waals surface area contributed by atoms with Crippen LogP contribution in [0.5, 0.6) is 5.75 Å². The van der Waals surface area contributed by atoms with Gasteiger partial charge in [0.1, 0.15) is 34.7 Å². The summed E-state index contributed by atoms with van der Waals surface area (Å²) >= 11 is 0. The van der Waals surface area contributed by atoms with Crippen molar-refractivity contribution >= 4 is 34.5 Å². The van der Waals surface area contributed by atoms with Crippen LogP contribution in [0.1, 0.15) is 34.8 Å². The van der Waals surface area contributed by atoms with E-state index in [0.717, 1.165) is 11.3 Å². The number of pyridine rings is 1. The molecule has 1 amide bonds. The predicted octanol–water partition coefficient (Wildman–Crippen LogP) is 6.03. The molecule has 2 aromatic heterocycles. The lowest BCUT2D eigenvalue weighted by molar-refractivity contribution is 0.0990. The van der Waals surface area contributed by atoms with Crippen LogP contribution in [-0.2, 0) is 6.54 Å². The molecule has 1 aliphatic heterocycles. The number of nitrogens with zero attached hydrogens (tertiary/aromatic N) is 4. The molecule has 0 spiro atoms. The lowest BCUT2D eigenvalue weighted by Crippen LogP contribution is -2.38. The Morgan fingerprint density at radius 1 is 0.977 bits per heavy atom. The second kappa shape index (κ2) is 11.8. The van der Waals surface area contributed by atoms with Gasteiger partial charge in [-0.05, 0) is 54.0 Å². The van der Waals surface area contributed by atoms with Crippen molar-refractivity contribution < 1.29 is 13.9 Å². The van der Waals surface area contributed by atoms with Crippen LogP contribution < -0.4 is 20.4 Å². The minimum Gasteiger partial charge on any atom is -0.497 e. The lowest BCUT2D eigenvalue weighted by atomic mass is 10.1. The fraction of sp³-hybridized carbons (Fsp3) is 0.147. The summed E-state index contributed by atoms with van der Waals surface area (Å²) in [4.78, 5) is 37.6. The quantitative estimate of drug-likeness (QED) is 0.228. The van der Waals surface area contributed by atoms with Crippen LogP contribution in [0, 0.1) is 5.82 Å². The highest BCUT2D eigenvalue weighted by Gasteiger charge is 2.32. The maximum atomic E-state index is 15.0. The van der Waals surface area contributed by atoms with Gasteiger partial charge in [-0.25, -0.2) is 14.4 Å². The number of hydrogen-bond acceptors (Lipinski definition) is 6. The summed E-state index contributed by atoms with van der Waals surface area (Å²) in [5.74, 6) is -0.0366. The van der Waals surface area contributed by atoms with Crippen molar-refractivity contribution in [3.8, 4) is 5.75 Å². The largest absolute Gasteiger partial charge is 0.497 e. The molecule has 6 rings (SSSR count). The lowest BCUT2D eigenvalue weighted by Gasteiger charge is -2.30. The third-order valence-corrected chi connectivity index (χ3v) is 7.41. The first kappa shape index (κ1) is 27.6. The van der Waals surface area contributed by atoms with Gasteiger partial charge in [-0.2, -0.15) is 0 Å². The molecule has 5 aromatic rings. The molecular weight excluding hydrogens is 545 g/mol. The highest BCUT2D eigenvalue weighted by Crippen LogP contribution is 2.31. The number of ether oxygens (including phenoxy) is 1. The molecule has 1 N–H and O–H groups in total. The average molecular weight is 574 g/mol. The zero-order chi connectivity index (χ0) is 29.9. The Labute approximate surface area is 247 Å². The summed E-state index contributed by atoms with van der Waals surface area (Å²) in [5.41, 5.74) is 5.93. The van der Waals surface area contributed by atoms with Gasteiger partial charge in [0.05, 0.1) is 24.4 Å². The molecule has 1 aliphatic rings. The summed E-state index contributed by atoms with van der Waals surface area (Å²) in [7, 11) is 1.62. The Morgan fingerprint density at radius 3 is 2.51 bits per heavy atom. The van der Waals surface area contributed by atoms with Gasteiger partial charge in [-0.15, -0.1) is 0 Å². The monoisotopic (exact) mass is 573 g/mol. The predicted molar refractivity (Wildman–Crippen MR) is 165 cm³/mol. The first-order chi connectivity index (χ1) is 21.0. The number of para-hydroxylation sites is 1. The number of aromatic nitrogens is 3. The van der Waals surface area contributed by atoms with Crippen LogP contribution in [0.25, 0.3) is 17.1 Å². The Bertz CT molecular complexity index is 1950. The zero-order valence-corrected chi connectivity index (χ0v) is 23.6. The van der Waals surface area contributed by atoms with Crippen LogP contribution in [-0.4, -0.2) is 33.6 Å². The summed E-state index contributed by atoms with van der Waals surface area (Å²) in [6, 6.07) is 22.2. The van der Waals surface area contributed by atoms with Crippen LogP contribution in [0.3, 0.4) is 0 Å². The molecular formula is C34H28FN5O3. The number of hydrogen-bond donors (Lipinski definition) is 1. The van der Waals surface area contributed by atoms with Gasteiger partial charge in [-0.1, -0.05) is 55.1 Å². The molecule has 9 heteroatoms. The van der Waals surface area contributed by atoms with Crippen molar-refractivity contribution in [2.24, 2.45) is 0 Å². The minimum atomic E-state index is -0.608. The summed E-state index contributed by atoms with van der Waals surface area (Å²) in [6.07, 6.45) is 5.24. The SMILES string of the molecule is CCC(Nc1ncnc2c1c(=O)ccn2Cc1ccc(OC)cc1)C1=C=Cc2cccc(F)c2C(=O)N1c1ccccc1. The van der Waals surface area contributed by atoms with Crippen molar-refractivity contribution in [1.82, 2.24) is 14.5 Å². The van der Waals surface area contributed by atoms with Crippen molar-refractivity contribution in [2.75, 3.05) is 17.3 Å². The molecule has 8 nitrogen and oxygen atoms in total. The van der Waals surface area contributed by atoms with E-state index in [9.17, 15) is 9.59 Å². The third-order valence-electron chi connectivity index (χ3n) is 7.41. The van der Waals surface area contributed by atoms with Gasteiger partial charge < -0.3 is 14.6 Å². The highest BCUT2D eigenvalue weighted by molar-refractivity contribution is 6.11. The van der Waals surface area contributed by atoms with E-state index in [-0.39, 0.29) is 11.0 Å². The van der Waals surface area contributed by atoms with Gasteiger partial charge in [-0.3, -0.25) is 14.5 Å². The number of anilines is 2. The average Bonchev–Trinajstić information content (AvgIpc) is 3.18. The second-order valence-corrected chi connectivity index (χ2v) is 10.0. The van der Waals surface area contributed by atoms with Gasteiger partial charge >= 0.3 is 0 Å². The van der Waals surface area contributed by atoms with Crippen LogP contribution in [0.15, 0.2) is 108 Å². The molecule has 0 aliphatic carbocycles. The maximum Gasteiger partial charge on any atom is 0.266 e. The fourth-order valence-electron chi connectivity index (χ4n) is 5.24. The van der Waals surface area contributed by atoms with E-state index >= 15 is 4.39 Å². The fourth-order valence-corrected chi connectivity index (χ4v) is 5.24. The molecule has 3 aromatic carbocycles. The molecule has 0 saturated heterocycles. The number of methoxy groups -OCH3 is 1. The van der Waals surface area contributed by atoms with E-state index < -0.39 is 17.8 Å². The molecule has 0 bridgehead atoms. The number of carbonyl (C=O) groups is 1. The Balaban J connectivity index is 1.43. The van der Waals surface area contributed by atoms with Crippen LogP contribution in [0.4, 0.5) is 15.9 Å². The Kier molecular flexibility index (Phi) is 7.56. The number of rotatable bonds is 8. The number of amides is 1. The molecule has 43 heavy (non-hydrogen) atoms. The van der Waals surface area contributed by atoms with Crippen molar-refractivity contribution in [3.05, 3.63) is 136 Å². The van der Waals surface area contributed by atoms with E-state index in [4.69, 9.17) is 4.74 Å². The van der Waals surface area contributed by atoms with Crippen molar-refractivity contribution in [2.45, 2.75) is 25.9 Å². The molecule has 0 fully saturated rings. The smallest absolute Gasteiger partial charge is 0.266 e. The van der Waals surface area contributed by atoms with Gasteiger partial charge in [0, 0.05) is 24.5 Å². The second-order valence-electron chi connectivity index (χ2n) is 10.0. The Morgan fingerprint density at radius 2 is 1.77 bits per heavy atom. The number of halogens is 1. The first-order valence-electron chi connectivity index (χ1n) is 13.9. The van der Waals surface area contributed by atoms with Gasteiger partial charge in [0.15, 0.2) is 5.43 Å². The molecule has 214 valence electrons. The van der Waals surface area contributed by atoms with Crippen LogP contribution in [0.2, 0.25) is 0 Å². The topological polar surface area (TPSA) is 89.4 Å². The Hall–Kier alpha value is -5.53. The summed E-state index contributed by atoms with van der Waals surface area (Å²) in [5, 5.41) is 3.71. The minimum absolute atomic E-state index is 0.0300. The molecule has 0 saturated carbocycles. The van der Waals surface area contributed by atoms with Crippen molar-refractivity contribution in [1.29, 1.82) is 0 Å². The number of carbonyl (C=O) groups excluding carboxylic acids is 1. The van der Waals surface area contributed by atoms with E-state index in [1.807, 2.05) is 54.0 Å². The normalized spacial score (nSPS) is 13.3.